The minimum Gasteiger partial charge on any atom is -0.259 e. The quantitative estimate of drug-likeness (QED) is 0.374. The van der Waals surface area contributed by atoms with Gasteiger partial charge >= 0.3 is 5.91 Å². The highest BCUT2D eigenvalue weighted by atomic mass is 16.2. The van der Waals surface area contributed by atoms with Gasteiger partial charge in [-0.2, -0.15) is 0 Å². The third kappa shape index (κ3) is 0.710. The molecule has 8 heavy (non-hydrogen) atoms. The number of amides is 1. The molecule has 1 amide bonds. The lowest BCUT2D eigenvalue weighted by Crippen LogP contribution is -2.20. The zero-order valence-electron chi connectivity index (χ0n) is 5.09. The lowest BCUT2D eigenvalue weighted by molar-refractivity contribution is -0.475. The maximum absolute atomic E-state index is 10.6. The normalized spacial score (nSPS) is 19.5. The molecule has 0 aromatic carbocycles. The van der Waals surface area contributed by atoms with Crippen molar-refractivity contribution in [2.45, 2.75) is 0 Å². The van der Waals surface area contributed by atoms with Crippen molar-refractivity contribution in [2.75, 3.05) is 20.6 Å². The molecule has 1 rings (SSSR count). The van der Waals surface area contributed by atoms with Crippen LogP contribution in [0.1, 0.15) is 0 Å². The number of likely N-dealkylation sites (N-methyl/N-ethyl adjacent to an activating group) is 2. The molecule has 0 bridgehead atoms. The van der Waals surface area contributed by atoms with Gasteiger partial charge in [0, 0.05) is 0 Å². The van der Waals surface area contributed by atoms with Gasteiger partial charge in [0.25, 0.3) is 0 Å². The summed E-state index contributed by atoms with van der Waals surface area (Å²) >= 11 is 0. The Kier molecular flexibility index (Phi) is 1.04. The number of carbonyl (C=O) groups is 1. The summed E-state index contributed by atoms with van der Waals surface area (Å²) in [5.41, 5.74) is 0. The first-order valence-corrected chi connectivity index (χ1v) is 2.51. The van der Waals surface area contributed by atoms with Gasteiger partial charge in [0.1, 0.15) is 0 Å². The summed E-state index contributed by atoms with van der Waals surface area (Å²) in [5.74, 6) is 0.160. The van der Waals surface area contributed by atoms with E-state index in [4.69, 9.17) is 0 Å². The van der Waals surface area contributed by atoms with E-state index >= 15 is 0 Å². The molecule has 0 atom stereocenters. The second-order valence-corrected chi connectivity index (χ2v) is 2.04. The first-order valence-electron chi connectivity index (χ1n) is 2.51. The van der Waals surface area contributed by atoms with Crippen molar-refractivity contribution >= 4 is 12.2 Å². The molecule has 0 radical (unpaired) electrons. The summed E-state index contributed by atoms with van der Waals surface area (Å²) < 4.78 is 1.85. The number of rotatable bonds is 0. The molecular formula is C5H9N2O+. The topological polar surface area (TPSA) is 23.3 Å². The molecule has 0 N–H and O–H groups in total. The van der Waals surface area contributed by atoms with E-state index in [1.165, 1.54) is 0 Å². The van der Waals surface area contributed by atoms with Gasteiger partial charge in [0.2, 0.25) is 6.34 Å². The molecule has 0 spiro atoms. The Morgan fingerprint density at radius 3 is 2.62 bits per heavy atom. The van der Waals surface area contributed by atoms with Crippen molar-refractivity contribution < 1.29 is 9.37 Å². The average Bonchev–Trinajstić information content (AvgIpc) is 1.85. The Bertz CT molecular complexity index is 151. The largest absolute Gasteiger partial charge is 0.350 e. The minimum absolute atomic E-state index is 0.160. The van der Waals surface area contributed by atoms with E-state index in [0.717, 1.165) is 0 Å². The van der Waals surface area contributed by atoms with Crippen LogP contribution in [0.2, 0.25) is 0 Å². The van der Waals surface area contributed by atoms with Crippen LogP contribution in [0.4, 0.5) is 0 Å². The van der Waals surface area contributed by atoms with Crippen LogP contribution in [0.5, 0.6) is 0 Å². The predicted molar refractivity (Wildman–Crippen MR) is 29.9 cm³/mol. The highest BCUT2D eigenvalue weighted by molar-refractivity contribution is 5.89. The molecule has 1 aliphatic rings. The van der Waals surface area contributed by atoms with Crippen LogP contribution in [-0.4, -0.2) is 42.4 Å². The lowest BCUT2D eigenvalue weighted by atomic mass is 10.6. The Morgan fingerprint density at radius 1 is 1.88 bits per heavy atom. The number of hydrogen-bond donors (Lipinski definition) is 0. The summed E-state index contributed by atoms with van der Waals surface area (Å²) in [6.45, 7) is 0.524. The van der Waals surface area contributed by atoms with Gasteiger partial charge in [-0.3, -0.25) is 4.58 Å². The fourth-order valence-electron chi connectivity index (χ4n) is 0.726. The highest BCUT2D eigenvalue weighted by Gasteiger charge is 2.22. The molecule has 44 valence electrons. The van der Waals surface area contributed by atoms with Gasteiger partial charge in [-0.1, -0.05) is 0 Å². The molecule has 0 fully saturated rings. The molecule has 0 saturated carbocycles. The molecule has 1 aliphatic heterocycles. The fraction of sp³-hybridized carbons (Fsp3) is 0.600. The summed E-state index contributed by atoms with van der Waals surface area (Å²) in [6.07, 6.45) is 1.78. The van der Waals surface area contributed by atoms with Crippen LogP contribution in [0, 0.1) is 0 Å². The maximum Gasteiger partial charge on any atom is 0.350 e. The number of nitrogens with zero attached hydrogens (tertiary/aromatic N) is 2. The van der Waals surface area contributed by atoms with Crippen LogP contribution in [0.25, 0.3) is 0 Å². The van der Waals surface area contributed by atoms with Crippen molar-refractivity contribution in [3.63, 3.8) is 0 Å². The standard InChI is InChI=1S/C5H9N2O/c1-6-3-5(8)7(2)4-6/h4H,3H2,1-2H3/q+1. The highest BCUT2D eigenvalue weighted by Crippen LogP contribution is 1.87. The number of hydrogen-bond acceptors (Lipinski definition) is 1. The van der Waals surface area contributed by atoms with Crippen LogP contribution in [0.15, 0.2) is 0 Å². The third-order valence-corrected chi connectivity index (χ3v) is 1.15. The van der Waals surface area contributed by atoms with Gasteiger partial charge in [0.05, 0.1) is 14.1 Å². The van der Waals surface area contributed by atoms with E-state index in [1.807, 2.05) is 11.6 Å². The smallest absolute Gasteiger partial charge is 0.259 e. The lowest BCUT2D eigenvalue weighted by Gasteiger charge is -1.88. The monoisotopic (exact) mass is 113 g/mol. The Morgan fingerprint density at radius 2 is 2.50 bits per heavy atom. The van der Waals surface area contributed by atoms with Crippen molar-refractivity contribution in [1.29, 1.82) is 0 Å². The molecule has 0 aromatic heterocycles. The van der Waals surface area contributed by atoms with Gasteiger partial charge in [-0.25, -0.2) is 9.69 Å². The molecule has 0 aromatic rings. The average molecular weight is 113 g/mol. The van der Waals surface area contributed by atoms with Crippen LogP contribution in [-0.2, 0) is 4.79 Å². The van der Waals surface area contributed by atoms with E-state index < -0.39 is 0 Å². The summed E-state index contributed by atoms with van der Waals surface area (Å²) in [5, 5.41) is 0. The molecule has 0 aliphatic carbocycles. The van der Waals surface area contributed by atoms with E-state index in [0.29, 0.717) is 6.54 Å². The molecular weight excluding hydrogens is 104 g/mol. The van der Waals surface area contributed by atoms with E-state index in [-0.39, 0.29) is 5.91 Å². The predicted octanol–water partition coefficient (Wildman–Crippen LogP) is -0.871. The van der Waals surface area contributed by atoms with Gasteiger partial charge in [-0.15, -0.1) is 0 Å². The van der Waals surface area contributed by atoms with Crippen LogP contribution in [0.3, 0.4) is 0 Å². The molecule has 0 unspecified atom stereocenters. The van der Waals surface area contributed by atoms with E-state index in [2.05, 4.69) is 0 Å². The van der Waals surface area contributed by atoms with Crippen LogP contribution < -0.4 is 0 Å². The van der Waals surface area contributed by atoms with Crippen molar-refractivity contribution in [1.82, 2.24) is 4.90 Å². The molecule has 3 heteroatoms. The molecule has 3 nitrogen and oxygen atoms in total. The SMILES string of the molecule is CN1C=[N+](C)CC1=O. The second kappa shape index (κ2) is 1.58. The summed E-state index contributed by atoms with van der Waals surface area (Å²) in [4.78, 5) is 12.2. The Hall–Kier alpha value is -0.860. The number of carbonyl (C=O) groups excluding carboxylic acids is 1. The Labute approximate surface area is 48.2 Å². The van der Waals surface area contributed by atoms with E-state index in [9.17, 15) is 4.79 Å². The van der Waals surface area contributed by atoms with Gasteiger partial charge in [-0.05, 0) is 0 Å². The van der Waals surface area contributed by atoms with Gasteiger partial charge in [0.15, 0.2) is 6.54 Å². The Balaban J connectivity index is 2.69. The van der Waals surface area contributed by atoms with Crippen molar-refractivity contribution in [2.24, 2.45) is 0 Å². The summed E-state index contributed by atoms with van der Waals surface area (Å²) in [6, 6.07) is 0. The van der Waals surface area contributed by atoms with E-state index in [1.54, 1.807) is 18.3 Å². The maximum atomic E-state index is 10.6. The third-order valence-electron chi connectivity index (χ3n) is 1.15. The zero-order valence-corrected chi connectivity index (χ0v) is 5.09. The zero-order chi connectivity index (χ0) is 6.15. The molecule has 1 heterocycles. The fourth-order valence-corrected chi connectivity index (χ4v) is 0.726. The van der Waals surface area contributed by atoms with Gasteiger partial charge < -0.3 is 0 Å². The first-order chi connectivity index (χ1) is 3.70. The minimum atomic E-state index is 0.160. The molecule has 0 saturated heterocycles. The second-order valence-electron chi connectivity index (χ2n) is 2.04. The first kappa shape index (κ1) is 5.28. The van der Waals surface area contributed by atoms with Crippen molar-refractivity contribution in [3.05, 3.63) is 0 Å². The van der Waals surface area contributed by atoms with Crippen LogP contribution >= 0.6 is 0 Å². The summed E-state index contributed by atoms with van der Waals surface area (Å²) in [7, 11) is 3.63. The van der Waals surface area contributed by atoms with Crippen molar-refractivity contribution in [3.8, 4) is 0 Å².